The maximum Gasteiger partial charge on any atom is 0.264 e. The number of anilines is 2. The lowest BCUT2D eigenvalue weighted by atomic mass is 10.1. The predicted octanol–water partition coefficient (Wildman–Crippen LogP) is 4.80. The summed E-state index contributed by atoms with van der Waals surface area (Å²) in [5.41, 5.74) is 1.62. The van der Waals surface area contributed by atoms with E-state index in [0.29, 0.717) is 64.7 Å². The van der Waals surface area contributed by atoms with E-state index in [1.165, 1.54) is 17.4 Å². The maximum absolute atomic E-state index is 13.4. The predicted molar refractivity (Wildman–Crippen MR) is 146 cm³/mol. The average Bonchev–Trinajstić information content (AvgIpc) is 2.93. The van der Waals surface area contributed by atoms with Crippen molar-refractivity contribution in [2.24, 2.45) is 0 Å². The van der Waals surface area contributed by atoms with E-state index < -0.39 is 10.0 Å². The number of hydrogen-bond acceptors (Lipinski definition) is 6. The smallest absolute Gasteiger partial charge is 0.264 e. The SMILES string of the molecule is COc1ccc(N(C)S(=O)(=O)c2ccc(OC)c(N3CCN(C(=O)c4ccc(Cl)c(Cl)c4)CC3)c2)cc1. The van der Waals surface area contributed by atoms with Gasteiger partial charge in [-0.05, 0) is 60.7 Å². The van der Waals surface area contributed by atoms with Crippen molar-refractivity contribution in [2.45, 2.75) is 4.90 Å². The molecule has 8 nitrogen and oxygen atoms in total. The first kappa shape index (κ1) is 26.9. The number of nitrogens with zero attached hydrogens (tertiary/aromatic N) is 3. The molecule has 3 aromatic rings. The molecule has 0 unspecified atom stereocenters. The monoisotopic (exact) mass is 563 g/mol. The summed E-state index contributed by atoms with van der Waals surface area (Å²) in [6.07, 6.45) is 0. The first-order valence-electron chi connectivity index (χ1n) is 11.5. The lowest BCUT2D eigenvalue weighted by Crippen LogP contribution is -2.49. The molecule has 0 saturated carbocycles. The molecule has 11 heteroatoms. The number of piperazine rings is 1. The molecule has 1 aliphatic rings. The van der Waals surface area contributed by atoms with Gasteiger partial charge in [-0.2, -0.15) is 0 Å². The van der Waals surface area contributed by atoms with Gasteiger partial charge >= 0.3 is 0 Å². The fourth-order valence-corrected chi connectivity index (χ4v) is 5.64. The summed E-state index contributed by atoms with van der Waals surface area (Å²) >= 11 is 12.0. The molecule has 0 aliphatic carbocycles. The Balaban J connectivity index is 1.53. The number of ether oxygens (including phenoxy) is 2. The number of sulfonamides is 1. The van der Waals surface area contributed by atoms with Gasteiger partial charge in [-0.25, -0.2) is 8.42 Å². The highest BCUT2D eigenvalue weighted by Crippen LogP contribution is 2.34. The number of amides is 1. The van der Waals surface area contributed by atoms with Crippen molar-refractivity contribution in [1.82, 2.24) is 4.90 Å². The maximum atomic E-state index is 13.4. The molecule has 196 valence electrons. The highest BCUT2D eigenvalue weighted by molar-refractivity contribution is 7.92. The highest BCUT2D eigenvalue weighted by atomic mass is 35.5. The van der Waals surface area contributed by atoms with Gasteiger partial charge < -0.3 is 19.3 Å². The molecule has 4 rings (SSSR count). The van der Waals surface area contributed by atoms with Crippen LogP contribution < -0.4 is 18.7 Å². The van der Waals surface area contributed by atoms with E-state index in [1.807, 2.05) is 4.90 Å². The van der Waals surface area contributed by atoms with E-state index >= 15 is 0 Å². The number of methoxy groups -OCH3 is 2. The third kappa shape index (κ3) is 5.58. The van der Waals surface area contributed by atoms with E-state index in [2.05, 4.69) is 0 Å². The van der Waals surface area contributed by atoms with Gasteiger partial charge in [-0.3, -0.25) is 9.10 Å². The van der Waals surface area contributed by atoms with Crippen molar-refractivity contribution in [2.75, 3.05) is 56.7 Å². The molecule has 0 aromatic heterocycles. The van der Waals surface area contributed by atoms with Crippen LogP contribution >= 0.6 is 23.2 Å². The zero-order valence-corrected chi connectivity index (χ0v) is 23.0. The fourth-order valence-electron chi connectivity index (χ4n) is 4.13. The first-order chi connectivity index (χ1) is 17.6. The van der Waals surface area contributed by atoms with Crippen molar-refractivity contribution >= 4 is 50.5 Å². The second kappa shape index (κ2) is 11.1. The van der Waals surface area contributed by atoms with Gasteiger partial charge in [0.05, 0.1) is 40.5 Å². The van der Waals surface area contributed by atoms with Crippen LogP contribution in [0, 0.1) is 0 Å². The van der Waals surface area contributed by atoms with Crippen LogP contribution in [0.5, 0.6) is 11.5 Å². The van der Waals surface area contributed by atoms with Crippen molar-refractivity contribution in [3.05, 3.63) is 76.3 Å². The van der Waals surface area contributed by atoms with Crippen LogP contribution in [0.1, 0.15) is 10.4 Å². The molecule has 1 aliphatic heterocycles. The van der Waals surface area contributed by atoms with Crippen LogP contribution in [0.2, 0.25) is 10.0 Å². The third-order valence-electron chi connectivity index (χ3n) is 6.32. The Labute approximate surface area is 226 Å². The Kier molecular flexibility index (Phi) is 8.06. The van der Waals surface area contributed by atoms with Gasteiger partial charge in [0.15, 0.2) is 0 Å². The van der Waals surface area contributed by atoms with Gasteiger partial charge in [0, 0.05) is 38.8 Å². The normalized spacial score (nSPS) is 13.9. The van der Waals surface area contributed by atoms with Gasteiger partial charge in [0.25, 0.3) is 15.9 Å². The number of carbonyl (C=O) groups is 1. The van der Waals surface area contributed by atoms with Crippen molar-refractivity contribution in [3.63, 3.8) is 0 Å². The molecule has 0 spiro atoms. The van der Waals surface area contributed by atoms with E-state index in [1.54, 1.807) is 73.7 Å². The molecule has 3 aromatic carbocycles. The highest BCUT2D eigenvalue weighted by Gasteiger charge is 2.27. The fraction of sp³-hybridized carbons (Fsp3) is 0.269. The topological polar surface area (TPSA) is 79.4 Å². The molecule has 0 atom stereocenters. The Morgan fingerprint density at radius 3 is 2.14 bits per heavy atom. The molecular formula is C26H27Cl2N3O5S. The zero-order valence-electron chi connectivity index (χ0n) is 20.6. The quantitative estimate of drug-likeness (QED) is 0.411. The molecule has 1 amide bonds. The summed E-state index contributed by atoms with van der Waals surface area (Å²) < 4.78 is 38.8. The van der Waals surface area contributed by atoms with E-state index in [4.69, 9.17) is 32.7 Å². The Morgan fingerprint density at radius 2 is 1.54 bits per heavy atom. The zero-order chi connectivity index (χ0) is 26.7. The Bertz CT molecular complexity index is 1390. The van der Waals surface area contributed by atoms with Gasteiger partial charge in [-0.15, -0.1) is 0 Å². The van der Waals surface area contributed by atoms with Crippen LogP contribution in [0.4, 0.5) is 11.4 Å². The largest absolute Gasteiger partial charge is 0.497 e. The standard InChI is InChI=1S/C26H27Cl2N3O5S/c1-29(19-5-7-20(35-2)8-6-19)37(33,34)21-9-11-25(36-3)24(17-21)30-12-14-31(15-13-30)26(32)18-4-10-22(27)23(28)16-18/h4-11,16-17H,12-15H2,1-3H3. The second-order valence-corrected chi connectivity index (χ2v) is 11.2. The molecule has 0 bridgehead atoms. The van der Waals surface area contributed by atoms with Gasteiger partial charge in [0.1, 0.15) is 11.5 Å². The van der Waals surface area contributed by atoms with Gasteiger partial charge in [-0.1, -0.05) is 23.2 Å². The number of rotatable bonds is 7. The first-order valence-corrected chi connectivity index (χ1v) is 13.7. The molecular weight excluding hydrogens is 537 g/mol. The molecule has 0 N–H and O–H groups in total. The molecule has 1 fully saturated rings. The van der Waals surface area contributed by atoms with E-state index in [-0.39, 0.29) is 10.8 Å². The van der Waals surface area contributed by atoms with Crippen molar-refractivity contribution < 1.29 is 22.7 Å². The van der Waals surface area contributed by atoms with Crippen LogP contribution in [0.15, 0.2) is 65.6 Å². The number of carbonyl (C=O) groups excluding carboxylic acids is 1. The Morgan fingerprint density at radius 1 is 0.865 bits per heavy atom. The van der Waals surface area contributed by atoms with Crippen LogP contribution in [0.25, 0.3) is 0 Å². The summed E-state index contributed by atoms with van der Waals surface area (Å²) in [5, 5.41) is 0.719. The van der Waals surface area contributed by atoms with Crippen LogP contribution in [-0.4, -0.2) is 66.7 Å². The minimum Gasteiger partial charge on any atom is -0.497 e. The lowest BCUT2D eigenvalue weighted by molar-refractivity contribution is 0.0746. The third-order valence-corrected chi connectivity index (χ3v) is 8.84. The lowest BCUT2D eigenvalue weighted by Gasteiger charge is -2.37. The minimum atomic E-state index is -3.84. The van der Waals surface area contributed by atoms with E-state index in [0.717, 1.165) is 0 Å². The number of halogens is 2. The molecule has 0 radical (unpaired) electrons. The minimum absolute atomic E-state index is 0.135. The molecule has 1 heterocycles. The average molecular weight is 564 g/mol. The molecule has 37 heavy (non-hydrogen) atoms. The van der Waals surface area contributed by atoms with Gasteiger partial charge in [0.2, 0.25) is 0 Å². The summed E-state index contributed by atoms with van der Waals surface area (Å²) in [4.78, 5) is 16.8. The molecule has 1 saturated heterocycles. The second-order valence-electron chi connectivity index (χ2n) is 8.41. The number of hydrogen-bond donors (Lipinski definition) is 0. The van der Waals surface area contributed by atoms with Crippen molar-refractivity contribution in [1.29, 1.82) is 0 Å². The van der Waals surface area contributed by atoms with Crippen molar-refractivity contribution in [3.8, 4) is 11.5 Å². The Hall–Kier alpha value is -3.14. The number of benzene rings is 3. The van der Waals surface area contributed by atoms with Crippen LogP contribution in [-0.2, 0) is 10.0 Å². The summed E-state index contributed by atoms with van der Waals surface area (Å²) in [6, 6.07) is 16.4. The summed E-state index contributed by atoms with van der Waals surface area (Å²) in [6.45, 7) is 1.90. The summed E-state index contributed by atoms with van der Waals surface area (Å²) in [5.74, 6) is 1.05. The van der Waals surface area contributed by atoms with E-state index in [9.17, 15) is 13.2 Å². The van der Waals surface area contributed by atoms with Crippen LogP contribution in [0.3, 0.4) is 0 Å². The summed E-state index contributed by atoms with van der Waals surface area (Å²) in [7, 11) is 0.760.